The quantitative estimate of drug-likeness (QED) is 0.792. The molecule has 1 aromatic carbocycles. The van der Waals surface area contributed by atoms with Gasteiger partial charge in [0.15, 0.2) is 6.04 Å². The third kappa shape index (κ3) is 4.47. The predicted octanol–water partition coefficient (Wildman–Crippen LogP) is 1.96. The number of nitrogens with zero attached hydrogens (tertiary/aromatic N) is 4. The van der Waals surface area contributed by atoms with Crippen molar-refractivity contribution in [1.29, 1.82) is 0 Å². The summed E-state index contributed by atoms with van der Waals surface area (Å²) in [5, 5.41) is 5.71. The number of carbonyl (C=O) groups is 2. The molecule has 2 aromatic rings. The van der Waals surface area contributed by atoms with Gasteiger partial charge >= 0.3 is 6.18 Å². The molecule has 0 bridgehead atoms. The summed E-state index contributed by atoms with van der Waals surface area (Å²) in [7, 11) is 1.53. The molecule has 0 aliphatic heterocycles. The molecule has 138 valence electrons. The number of halogens is 3. The van der Waals surface area contributed by atoms with Crippen LogP contribution in [0.1, 0.15) is 16.4 Å². The minimum atomic E-state index is -4.60. The van der Waals surface area contributed by atoms with Crippen molar-refractivity contribution < 1.29 is 22.8 Å². The van der Waals surface area contributed by atoms with E-state index in [-0.39, 0.29) is 11.5 Å². The van der Waals surface area contributed by atoms with Crippen molar-refractivity contribution >= 4 is 17.5 Å². The molecule has 0 saturated heterocycles. The number of hydrogen-bond donors (Lipinski definition) is 1. The minimum Gasteiger partial charge on any atom is -0.350 e. The highest BCUT2D eigenvalue weighted by Crippen LogP contribution is 2.29. The highest BCUT2D eigenvalue weighted by Gasteiger charge is 2.41. The van der Waals surface area contributed by atoms with Gasteiger partial charge < -0.3 is 10.2 Å². The number of alkyl halides is 3. The van der Waals surface area contributed by atoms with Crippen LogP contribution in [-0.2, 0) is 4.79 Å². The summed E-state index contributed by atoms with van der Waals surface area (Å²) in [6.45, 7) is 2.68. The van der Waals surface area contributed by atoms with E-state index in [2.05, 4.69) is 22.0 Å². The second-order valence-electron chi connectivity index (χ2n) is 5.29. The first-order valence-electron chi connectivity index (χ1n) is 7.43. The van der Waals surface area contributed by atoms with Gasteiger partial charge in [0.2, 0.25) is 5.91 Å². The van der Waals surface area contributed by atoms with Crippen LogP contribution >= 0.6 is 0 Å². The van der Waals surface area contributed by atoms with E-state index in [1.807, 2.05) is 0 Å². The van der Waals surface area contributed by atoms with E-state index in [0.717, 1.165) is 18.7 Å². The molecule has 26 heavy (non-hydrogen) atoms. The molecule has 0 spiro atoms. The zero-order valence-electron chi connectivity index (χ0n) is 13.8. The zero-order valence-corrected chi connectivity index (χ0v) is 13.8. The fourth-order valence-electron chi connectivity index (χ4n) is 2.13. The van der Waals surface area contributed by atoms with Crippen LogP contribution in [0.25, 0.3) is 0 Å². The Hall–Kier alpha value is -3.17. The van der Waals surface area contributed by atoms with Crippen LogP contribution in [0.4, 0.5) is 18.9 Å². The van der Waals surface area contributed by atoms with Crippen molar-refractivity contribution in [3.63, 3.8) is 0 Å². The molecule has 1 unspecified atom stereocenters. The number of benzene rings is 1. The first-order chi connectivity index (χ1) is 12.2. The second-order valence-corrected chi connectivity index (χ2v) is 5.29. The first kappa shape index (κ1) is 19.2. The highest BCUT2D eigenvalue weighted by atomic mass is 19.4. The van der Waals surface area contributed by atoms with Gasteiger partial charge in [-0.15, -0.1) is 0 Å². The van der Waals surface area contributed by atoms with Gasteiger partial charge in [-0.3, -0.25) is 9.59 Å². The topological polar surface area (TPSA) is 80.1 Å². The van der Waals surface area contributed by atoms with Crippen molar-refractivity contribution in [2.75, 3.05) is 18.5 Å². The summed E-state index contributed by atoms with van der Waals surface area (Å²) in [6, 6.07) is 3.82. The Balaban J connectivity index is 2.05. The van der Waals surface area contributed by atoms with Crippen molar-refractivity contribution in [2.45, 2.75) is 12.2 Å². The van der Waals surface area contributed by atoms with Crippen molar-refractivity contribution in [1.82, 2.24) is 20.1 Å². The van der Waals surface area contributed by atoms with Crippen LogP contribution in [0.5, 0.6) is 0 Å². The molecule has 0 saturated carbocycles. The van der Waals surface area contributed by atoms with Gasteiger partial charge in [-0.05, 0) is 30.3 Å². The van der Waals surface area contributed by atoms with Crippen LogP contribution in [0.15, 0.2) is 49.6 Å². The number of carbonyl (C=O) groups excluding carboxylic acids is 2. The van der Waals surface area contributed by atoms with Gasteiger partial charge in [-0.25, -0.2) is 9.67 Å². The standard InChI is InChI=1S/C16H16F3N5O2/c1-3-14(25)23(2)12-6-4-11(5-7-12)15(26)21-8-13(16(17,18)19)24-10-20-9-22-24/h3-7,9-10,13H,1,8H2,2H3,(H,21,26). The van der Waals surface area contributed by atoms with E-state index in [1.54, 1.807) is 0 Å². The second kappa shape index (κ2) is 7.81. The molecular formula is C16H16F3N5O2. The zero-order chi connectivity index (χ0) is 19.3. The maximum Gasteiger partial charge on any atom is 0.412 e. The molecule has 0 fully saturated rings. The Morgan fingerprint density at radius 2 is 2.00 bits per heavy atom. The maximum absolute atomic E-state index is 13.1. The molecule has 1 N–H and O–H groups in total. The normalized spacial score (nSPS) is 12.3. The Labute approximate surface area is 147 Å². The number of aromatic nitrogens is 3. The van der Waals surface area contributed by atoms with E-state index in [1.165, 1.54) is 36.2 Å². The highest BCUT2D eigenvalue weighted by molar-refractivity contribution is 6.01. The van der Waals surface area contributed by atoms with Crippen LogP contribution in [0.2, 0.25) is 0 Å². The summed E-state index contributed by atoms with van der Waals surface area (Å²) in [5.41, 5.74) is 0.676. The van der Waals surface area contributed by atoms with Crippen LogP contribution in [0, 0.1) is 0 Å². The number of hydrogen-bond acceptors (Lipinski definition) is 4. The Morgan fingerprint density at radius 1 is 1.35 bits per heavy atom. The Bertz CT molecular complexity index is 772. The number of rotatable bonds is 6. The average Bonchev–Trinajstić information content (AvgIpc) is 3.13. The molecule has 7 nitrogen and oxygen atoms in total. The van der Waals surface area contributed by atoms with Gasteiger partial charge in [0.25, 0.3) is 5.91 Å². The van der Waals surface area contributed by atoms with E-state index < -0.39 is 24.7 Å². The molecule has 1 heterocycles. The van der Waals surface area contributed by atoms with Crippen LogP contribution < -0.4 is 10.2 Å². The lowest BCUT2D eigenvalue weighted by molar-refractivity contribution is -0.168. The predicted molar refractivity (Wildman–Crippen MR) is 87.5 cm³/mol. The van der Waals surface area contributed by atoms with Crippen LogP contribution in [-0.4, -0.2) is 46.3 Å². The third-order valence-corrected chi connectivity index (χ3v) is 3.61. The average molecular weight is 367 g/mol. The summed E-state index contributed by atoms with van der Waals surface area (Å²) >= 11 is 0. The Kier molecular flexibility index (Phi) is 5.75. The van der Waals surface area contributed by atoms with Gasteiger partial charge in [0, 0.05) is 24.8 Å². The van der Waals surface area contributed by atoms with Gasteiger partial charge in [0.1, 0.15) is 12.7 Å². The summed E-state index contributed by atoms with van der Waals surface area (Å²) in [6.07, 6.45) is -1.54. The molecule has 2 amide bonds. The molecule has 0 aliphatic carbocycles. The SMILES string of the molecule is C=CC(=O)N(C)c1ccc(C(=O)NCC(n2cncn2)C(F)(F)F)cc1. The fraction of sp³-hybridized carbons (Fsp3) is 0.250. The van der Waals surface area contributed by atoms with Crippen molar-refractivity contribution in [3.8, 4) is 0 Å². The molecule has 0 aliphatic rings. The van der Waals surface area contributed by atoms with Crippen LogP contribution in [0.3, 0.4) is 0 Å². The third-order valence-electron chi connectivity index (χ3n) is 3.61. The van der Waals surface area contributed by atoms with Gasteiger partial charge in [0.05, 0.1) is 0 Å². The van der Waals surface area contributed by atoms with E-state index >= 15 is 0 Å². The maximum atomic E-state index is 13.1. The van der Waals surface area contributed by atoms with Gasteiger partial charge in [-0.1, -0.05) is 6.58 Å². The molecule has 2 rings (SSSR count). The molecular weight excluding hydrogens is 351 g/mol. The van der Waals surface area contributed by atoms with Crippen molar-refractivity contribution in [2.24, 2.45) is 0 Å². The van der Waals surface area contributed by atoms with E-state index in [4.69, 9.17) is 0 Å². The molecule has 10 heteroatoms. The lowest BCUT2D eigenvalue weighted by atomic mass is 10.1. The number of amides is 2. The first-order valence-corrected chi connectivity index (χ1v) is 7.43. The lowest BCUT2D eigenvalue weighted by Crippen LogP contribution is -2.38. The lowest BCUT2D eigenvalue weighted by Gasteiger charge is -2.20. The number of likely N-dealkylation sites (N-methyl/N-ethyl adjacent to an activating group) is 1. The monoisotopic (exact) mass is 367 g/mol. The summed E-state index contributed by atoms with van der Waals surface area (Å²) in [4.78, 5) is 28.4. The fourth-order valence-corrected chi connectivity index (χ4v) is 2.13. The molecule has 0 radical (unpaired) electrons. The van der Waals surface area contributed by atoms with Gasteiger partial charge in [-0.2, -0.15) is 18.3 Å². The largest absolute Gasteiger partial charge is 0.412 e. The van der Waals surface area contributed by atoms with E-state index in [0.29, 0.717) is 10.4 Å². The van der Waals surface area contributed by atoms with Crippen molar-refractivity contribution in [3.05, 3.63) is 55.1 Å². The smallest absolute Gasteiger partial charge is 0.350 e. The number of nitrogens with one attached hydrogen (secondary N) is 1. The molecule has 1 atom stereocenters. The minimum absolute atomic E-state index is 0.160. The Morgan fingerprint density at radius 3 is 2.50 bits per heavy atom. The van der Waals surface area contributed by atoms with E-state index in [9.17, 15) is 22.8 Å². The summed E-state index contributed by atoms with van der Waals surface area (Å²) in [5.74, 6) is -1.01. The summed E-state index contributed by atoms with van der Waals surface area (Å²) < 4.78 is 39.9. The number of anilines is 1. The molecule has 1 aromatic heterocycles.